The number of carbonyl (C=O) groups excluding carboxylic acids is 3. The van der Waals surface area contributed by atoms with Gasteiger partial charge >= 0.3 is 5.97 Å². The van der Waals surface area contributed by atoms with Crippen molar-refractivity contribution < 1.29 is 19.1 Å². The van der Waals surface area contributed by atoms with Gasteiger partial charge in [-0.2, -0.15) is 0 Å². The number of hydrogen-bond donors (Lipinski definition) is 3. The van der Waals surface area contributed by atoms with Gasteiger partial charge in [-0.25, -0.2) is 4.79 Å². The molecule has 2 aromatic rings. The van der Waals surface area contributed by atoms with Crippen LogP contribution in [0.1, 0.15) is 28.4 Å². The maximum absolute atomic E-state index is 12.3. The molecular weight excluding hydrogens is 417 g/mol. The number of benzene rings is 2. The second-order valence-electron chi connectivity index (χ2n) is 6.43. The summed E-state index contributed by atoms with van der Waals surface area (Å²) in [4.78, 5) is 36.6. The molecule has 1 atom stereocenters. The molecule has 0 bridgehead atoms. The van der Waals surface area contributed by atoms with Crippen LogP contribution < -0.4 is 16.4 Å². The Morgan fingerprint density at radius 3 is 2.38 bits per heavy atom. The largest absolute Gasteiger partial charge is 0.449 e. The van der Waals surface area contributed by atoms with Crippen molar-refractivity contribution in [3.8, 4) is 0 Å². The molecule has 7 nitrogen and oxygen atoms in total. The van der Waals surface area contributed by atoms with Crippen molar-refractivity contribution in [3.05, 3.63) is 57.1 Å². The molecule has 9 heteroatoms. The summed E-state index contributed by atoms with van der Waals surface area (Å²) in [5.41, 5.74) is 8.22. The predicted molar refractivity (Wildman–Crippen MR) is 113 cm³/mol. The molecule has 0 unspecified atom stereocenters. The van der Waals surface area contributed by atoms with Crippen LogP contribution in [0.5, 0.6) is 0 Å². The smallest absolute Gasteiger partial charge is 0.341 e. The van der Waals surface area contributed by atoms with Crippen LogP contribution in [0.25, 0.3) is 0 Å². The molecule has 0 radical (unpaired) electrons. The molecule has 2 aromatic carbocycles. The van der Waals surface area contributed by atoms with Crippen LogP contribution in [0.15, 0.2) is 30.3 Å². The van der Waals surface area contributed by atoms with Gasteiger partial charge in [0.2, 0.25) is 5.91 Å². The number of hydrogen-bond acceptors (Lipinski definition) is 5. The van der Waals surface area contributed by atoms with Gasteiger partial charge in [0, 0.05) is 10.7 Å². The van der Waals surface area contributed by atoms with Crippen molar-refractivity contribution in [2.45, 2.75) is 26.9 Å². The molecule has 0 saturated heterocycles. The first-order valence-corrected chi connectivity index (χ1v) is 9.45. The van der Waals surface area contributed by atoms with Gasteiger partial charge in [0.15, 0.2) is 6.10 Å². The van der Waals surface area contributed by atoms with Gasteiger partial charge < -0.3 is 21.1 Å². The fourth-order valence-electron chi connectivity index (χ4n) is 2.54. The highest BCUT2D eigenvalue weighted by Gasteiger charge is 2.22. The van der Waals surface area contributed by atoms with Crippen molar-refractivity contribution in [2.75, 3.05) is 17.6 Å². The second kappa shape index (κ2) is 9.62. The van der Waals surface area contributed by atoms with Crippen molar-refractivity contribution in [3.63, 3.8) is 0 Å². The molecule has 0 aliphatic heterocycles. The summed E-state index contributed by atoms with van der Waals surface area (Å²) in [5.74, 6) is -1.89. The van der Waals surface area contributed by atoms with E-state index in [9.17, 15) is 14.4 Å². The molecule has 0 spiro atoms. The number of carbonyl (C=O) groups is 3. The number of nitrogen functional groups attached to an aromatic ring is 1. The summed E-state index contributed by atoms with van der Waals surface area (Å²) >= 11 is 11.8. The highest BCUT2D eigenvalue weighted by molar-refractivity contribution is 6.37. The number of halogens is 2. The van der Waals surface area contributed by atoms with Gasteiger partial charge in [-0.3, -0.25) is 9.59 Å². The zero-order valence-electron chi connectivity index (χ0n) is 16.1. The maximum Gasteiger partial charge on any atom is 0.341 e. The van der Waals surface area contributed by atoms with E-state index in [-0.39, 0.29) is 27.8 Å². The average molecular weight is 438 g/mol. The minimum atomic E-state index is -1.16. The van der Waals surface area contributed by atoms with Crippen LogP contribution in [0.2, 0.25) is 10.0 Å². The number of para-hydroxylation sites is 1. The molecule has 154 valence electrons. The molecule has 29 heavy (non-hydrogen) atoms. The minimum absolute atomic E-state index is 0.00153. The van der Waals surface area contributed by atoms with E-state index in [1.165, 1.54) is 19.1 Å². The third-order valence-electron chi connectivity index (χ3n) is 4.14. The fourth-order valence-corrected chi connectivity index (χ4v) is 3.03. The monoisotopic (exact) mass is 437 g/mol. The number of nitrogens with one attached hydrogen (secondary N) is 2. The van der Waals surface area contributed by atoms with Crippen molar-refractivity contribution in [1.82, 2.24) is 5.32 Å². The summed E-state index contributed by atoms with van der Waals surface area (Å²) < 4.78 is 5.10. The summed E-state index contributed by atoms with van der Waals surface area (Å²) in [7, 11) is 0. The van der Waals surface area contributed by atoms with E-state index in [0.29, 0.717) is 5.69 Å². The fraction of sp³-hybridized carbons (Fsp3) is 0.250. The van der Waals surface area contributed by atoms with Crippen LogP contribution in [-0.2, 0) is 14.3 Å². The van der Waals surface area contributed by atoms with Crippen LogP contribution in [-0.4, -0.2) is 30.4 Å². The standard InChI is InChI=1S/C20H21Cl2N3O4/c1-10-5-4-6-11(2)18(10)25-16(26)9-24-19(27)12(3)29-20(28)14-7-13(21)8-15(22)17(14)23/h4-8,12H,9,23H2,1-3H3,(H,24,27)(H,25,26)/t12-/m0/s1. The Hall–Kier alpha value is -2.77. The van der Waals surface area contributed by atoms with Gasteiger partial charge in [-0.1, -0.05) is 41.4 Å². The molecular formula is C20H21Cl2N3O4. The van der Waals surface area contributed by atoms with Crippen LogP contribution in [0, 0.1) is 13.8 Å². The highest BCUT2D eigenvalue weighted by Crippen LogP contribution is 2.28. The first-order chi connectivity index (χ1) is 13.6. The molecule has 2 rings (SSSR count). The van der Waals surface area contributed by atoms with Crippen molar-refractivity contribution in [1.29, 1.82) is 0 Å². The minimum Gasteiger partial charge on any atom is -0.449 e. The zero-order valence-corrected chi connectivity index (χ0v) is 17.6. The molecule has 0 heterocycles. The lowest BCUT2D eigenvalue weighted by Crippen LogP contribution is -2.40. The third kappa shape index (κ3) is 5.85. The lowest BCUT2D eigenvalue weighted by Gasteiger charge is -2.15. The normalized spacial score (nSPS) is 11.5. The molecule has 0 aliphatic carbocycles. The third-order valence-corrected chi connectivity index (χ3v) is 4.67. The summed E-state index contributed by atoms with van der Waals surface area (Å²) in [5, 5.41) is 5.48. The second-order valence-corrected chi connectivity index (χ2v) is 7.27. The zero-order chi connectivity index (χ0) is 21.7. The van der Waals surface area contributed by atoms with Crippen LogP contribution in [0.3, 0.4) is 0 Å². The Morgan fingerprint density at radius 2 is 1.76 bits per heavy atom. The average Bonchev–Trinajstić information content (AvgIpc) is 2.65. The van der Waals surface area contributed by atoms with Crippen LogP contribution >= 0.6 is 23.2 Å². The Kier molecular flexibility index (Phi) is 7.47. The lowest BCUT2D eigenvalue weighted by atomic mass is 10.1. The number of rotatable bonds is 6. The molecule has 0 saturated carbocycles. The Morgan fingerprint density at radius 1 is 1.14 bits per heavy atom. The Balaban J connectivity index is 1.92. The van der Waals surface area contributed by atoms with E-state index in [2.05, 4.69) is 10.6 Å². The SMILES string of the molecule is Cc1cccc(C)c1NC(=O)CNC(=O)[C@H](C)OC(=O)c1cc(Cl)cc(Cl)c1N. The van der Waals surface area contributed by atoms with E-state index < -0.39 is 23.9 Å². The molecule has 4 N–H and O–H groups in total. The van der Waals surface area contributed by atoms with E-state index in [4.69, 9.17) is 33.7 Å². The van der Waals surface area contributed by atoms with E-state index in [1.807, 2.05) is 32.0 Å². The van der Waals surface area contributed by atoms with Gasteiger partial charge in [0.25, 0.3) is 5.91 Å². The topological polar surface area (TPSA) is 111 Å². The molecule has 2 amide bonds. The number of nitrogens with two attached hydrogens (primary N) is 1. The summed E-state index contributed by atoms with van der Waals surface area (Å²) in [6.07, 6.45) is -1.16. The number of amides is 2. The van der Waals surface area contributed by atoms with E-state index in [1.54, 1.807) is 0 Å². The first kappa shape index (κ1) is 22.5. The summed E-state index contributed by atoms with van der Waals surface area (Å²) in [6.45, 7) is 4.84. The predicted octanol–water partition coefficient (Wildman–Crippen LogP) is 3.49. The van der Waals surface area contributed by atoms with Gasteiger partial charge in [-0.15, -0.1) is 0 Å². The number of aryl methyl sites for hydroxylation is 2. The van der Waals surface area contributed by atoms with Gasteiger partial charge in [0.05, 0.1) is 22.8 Å². The van der Waals surface area contributed by atoms with Gasteiger partial charge in [-0.05, 0) is 44.0 Å². The highest BCUT2D eigenvalue weighted by atomic mass is 35.5. The number of ether oxygens (including phenoxy) is 1. The van der Waals surface area contributed by atoms with Crippen molar-refractivity contribution in [2.24, 2.45) is 0 Å². The number of esters is 1. The van der Waals surface area contributed by atoms with E-state index in [0.717, 1.165) is 11.1 Å². The Labute approximate surface area is 178 Å². The Bertz CT molecular complexity index is 943. The van der Waals surface area contributed by atoms with Crippen LogP contribution in [0.4, 0.5) is 11.4 Å². The van der Waals surface area contributed by atoms with Gasteiger partial charge in [0.1, 0.15) is 0 Å². The maximum atomic E-state index is 12.3. The van der Waals surface area contributed by atoms with E-state index >= 15 is 0 Å². The quantitative estimate of drug-likeness (QED) is 0.473. The molecule has 0 aromatic heterocycles. The summed E-state index contributed by atoms with van der Waals surface area (Å²) in [6, 6.07) is 8.32. The first-order valence-electron chi connectivity index (χ1n) is 8.69. The molecule has 0 aliphatic rings. The molecule has 0 fully saturated rings. The lowest BCUT2D eigenvalue weighted by molar-refractivity contribution is -0.130. The number of anilines is 2. The van der Waals surface area contributed by atoms with Crippen molar-refractivity contribution >= 4 is 52.4 Å².